The second kappa shape index (κ2) is 6.71. The Morgan fingerprint density at radius 1 is 1.37 bits per heavy atom. The molecule has 0 saturated carbocycles. The number of carbonyl (C=O) groups is 1. The number of amides is 1. The fourth-order valence-electron chi connectivity index (χ4n) is 2.48. The predicted octanol–water partition coefficient (Wildman–Crippen LogP) is 2.25. The molecule has 1 amide bonds. The first-order valence-electron chi connectivity index (χ1n) is 7.24. The number of hydrogen-bond acceptors (Lipinski definition) is 2. The molecule has 3 nitrogen and oxygen atoms in total. The molecule has 1 atom stereocenters. The molecule has 1 heterocycles. The van der Waals surface area contributed by atoms with Gasteiger partial charge in [0, 0.05) is 13.1 Å². The maximum atomic E-state index is 12.1. The quantitative estimate of drug-likeness (QED) is 0.797. The van der Waals surface area contributed by atoms with E-state index in [0.29, 0.717) is 5.92 Å². The summed E-state index contributed by atoms with van der Waals surface area (Å²) in [7, 11) is 0. The van der Waals surface area contributed by atoms with Crippen molar-refractivity contribution in [1.29, 1.82) is 0 Å². The lowest BCUT2D eigenvalue weighted by molar-refractivity contribution is -0.123. The van der Waals surface area contributed by atoms with Crippen molar-refractivity contribution >= 4 is 5.91 Å². The predicted molar refractivity (Wildman–Crippen MR) is 77.9 cm³/mol. The van der Waals surface area contributed by atoms with E-state index in [9.17, 15) is 4.79 Å². The third kappa shape index (κ3) is 4.06. The van der Waals surface area contributed by atoms with E-state index in [1.54, 1.807) is 0 Å². The normalized spacial score (nSPS) is 18.2. The van der Waals surface area contributed by atoms with Crippen LogP contribution in [0, 0.1) is 5.92 Å². The molecular weight excluding hydrogens is 236 g/mol. The van der Waals surface area contributed by atoms with Crippen molar-refractivity contribution in [3.8, 4) is 0 Å². The summed E-state index contributed by atoms with van der Waals surface area (Å²) in [5.74, 6) is 0.842. The average Bonchev–Trinajstić information content (AvgIpc) is 2.42. The van der Waals surface area contributed by atoms with Crippen molar-refractivity contribution in [3.05, 3.63) is 35.4 Å². The van der Waals surface area contributed by atoms with Gasteiger partial charge in [-0.15, -0.1) is 0 Å². The maximum Gasteiger partial charge on any atom is 0.237 e. The summed E-state index contributed by atoms with van der Waals surface area (Å²) in [5, 5.41) is 6.35. The average molecular weight is 260 g/mol. The SMILES string of the molecule is CC(C)CCCNC(=O)[C@H]1Cc2ccccc2CN1. The fraction of sp³-hybridized carbons (Fsp3) is 0.562. The number of nitrogens with one attached hydrogen (secondary N) is 2. The molecule has 0 spiro atoms. The van der Waals surface area contributed by atoms with Crippen molar-refractivity contribution in [2.45, 2.75) is 45.7 Å². The highest BCUT2D eigenvalue weighted by atomic mass is 16.2. The lowest BCUT2D eigenvalue weighted by Gasteiger charge is -2.25. The minimum Gasteiger partial charge on any atom is -0.355 e. The van der Waals surface area contributed by atoms with Crippen LogP contribution in [0.4, 0.5) is 0 Å². The minimum atomic E-state index is -0.0750. The van der Waals surface area contributed by atoms with Crippen LogP contribution in [0.15, 0.2) is 24.3 Å². The van der Waals surface area contributed by atoms with Crippen LogP contribution in [0.25, 0.3) is 0 Å². The van der Waals surface area contributed by atoms with Gasteiger partial charge in [-0.05, 0) is 36.3 Å². The minimum absolute atomic E-state index is 0.0750. The lowest BCUT2D eigenvalue weighted by Crippen LogP contribution is -2.47. The summed E-state index contributed by atoms with van der Waals surface area (Å²) in [5.41, 5.74) is 2.61. The van der Waals surface area contributed by atoms with Gasteiger partial charge in [-0.25, -0.2) is 0 Å². The topological polar surface area (TPSA) is 41.1 Å². The smallest absolute Gasteiger partial charge is 0.237 e. The van der Waals surface area contributed by atoms with E-state index in [-0.39, 0.29) is 11.9 Å². The maximum absolute atomic E-state index is 12.1. The van der Waals surface area contributed by atoms with Gasteiger partial charge in [0.2, 0.25) is 5.91 Å². The highest BCUT2D eigenvalue weighted by Gasteiger charge is 2.23. The molecule has 19 heavy (non-hydrogen) atoms. The van der Waals surface area contributed by atoms with Gasteiger partial charge < -0.3 is 10.6 Å². The Morgan fingerprint density at radius 2 is 2.11 bits per heavy atom. The summed E-state index contributed by atoms with van der Waals surface area (Å²) >= 11 is 0. The molecule has 104 valence electrons. The molecule has 1 aromatic carbocycles. The monoisotopic (exact) mass is 260 g/mol. The van der Waals surface area contributed by atoms with E-state index in [2.05, 4.69) is 36.6 Å². The van der Waals surface area contributed by atoms with Crippen molar-refractivity contribution in [2.75, 3.05) is 6.54 Å². The number of benzene rings is 1. The highest BCUT2D eigenvalue weighted by Crippen LogP contribution is 2.16. The molecule has 0 aliphatic carbocycles. The van der Waals surface area contributed by atoms with E-state index < -0.39 is 0 Å². The van der Waals surface area contributed by atoms with E-state index in [1.807, 2.05) is 12.1 Å². The third-order valence-corrected chi connectivity index (χ3v) is 3.66. The summed E-state index contributed by atoms with van der Waals surface area (Å²) in [6.45, 7) is 6.00. The Labute approximate surface area is 115 Å². The first kappa shape index (κ1) is 14.1. The van der Waals surface area contributed by atoms with Crippen molar-refractivity contribution in [1.82, 2.24) is 10.6 Å². The van der Waals surface area contributed by atoms with E-state index in [4.69, 9.17) is 0 Å². The Bertz CT molecular complexity index is 429. The van der Waals surface area contributed by atoms with Gasteiger partial charge in [0.25, 0.3) is 0 Å². The highest BCUT2D eigenvalue weighted by molar-refractivity contribution is 5.82. The molecule has 3 heteroatoms. The Balaban J connectivity index is 1.79. The third-order valence-electron chi connectivity index (χ3n) is 3.66. The molecule has 0 saturated heterocycles. The summed E-state index contributed by atoms with van der Waals surface area (Å²) in [6.07, 6.45) is 3.03. The molecule has 2 rings (SSSR count). The van der Waals surface area contributed by atoms with Gasteiger partial charge in [0.05, 0.1) is 6.04 Å². The molecule has 1 aliphatic rings. The van der Waals surface area contributed by atoms with Crippen LogP contribution < -0.4 is 10.6 Å². The Morgan fingerprint density at radius 3 is 2.84 bits per heavy atom. The van der Waals surface area contributed by atoms with Crippen LogP contribution >= 0.6 is 0 Å². The molecule has 0 fully saturated rings. The first-order chi connectivity index (χ1) is 9.16. The largest absolute Gasteiger partial charge is 0.355 e. The van der Waals surface area contributed by atoms with Gasteiger partial charge in [0.15, 0.2) is 0 Å². The Hall–Kier alpha value is -1.35. The van der Waals surface area contributed by atoms with E-state index >= 15 is 0 Å². The zero-order chi connectivity index (χ0) is 13.7. The molecule has 0 unspecified atom stereocenters. The zero-order valence-electron chi connectivity index (χ0n) is 11.9. The second-order valence-electron chi connectivity index (χ2n) is 5.73. The van der Waals surface area contributed by atoms with Crippen LogP contribution in [0.3, 0.4) is 0 Å². The van der Waals surface area contributed by atoms with Gasteiger partial charge >= 0.3 is 0 Å². The lowest BCUT2D eigenvalue weighted by atomic mass is 9.95. The molecule has 0 radical (unpaired) electrons. The number of carbonyl (C=O) groups excluding carboxylic acids is 1. The second-order valence-corrected chi connectivity index (χ2v) is 5.73. The summed E-state index contributed by atoms with van der Waals surface area (Å²) < 4.78 is 0. The van der Waals surface area contributed by atoms with Crippen LogP contribution in [0.5, 0.6) is 0 Å². The van der Waals surface area contributed by atoms with Crippen molar-refractivity contribution < 1.29 is 4.79 Å². The summed E-state index contributed by atoms with van der Waals surface area (Å²) in [4.78, 5) is 12.1. The first-order valence-corrected chi connectivity index (χ1v) is 7.24. The van der Waals surface area contributed by atoms with E-state index in [0.717, 1.165) is 25.9 Å². The van der Waals surface area contributed by atoms with Crippen LogP contribution in [0.1, 0.15) is 37.8 Å². The van der Waals surface area contributed by atoms with Gasteiger partial charge in [-0.2, -0.15) is 0 Å². The van der Waals surface area contributed by atoms with Crippen LogP contribution in [0.2, 0.25) is 0 Å². The molecule has 0 aromatic heterocycles. The number of rotatable bonds is 5. The van der Waals surface area contributed by atoms with Crippen LogP contribution in [-0.4, -0.2) is 18.5 Å². The molecular formula is C16H24N2O. The van der Waals surface area contributed by atoms with Gasteiger partial charge in [-0.1, -0.05) is 38.1 Å². The van der Waals surface area contributed by atoms with Crippen LogP contribution in [-0.2, 0) is 17.8 Å². The Kier molecular flexibility index (Phi) is 4.97. The number of hydrogen-bond donors (Lipinski definition) is 2. The van der Waals surface area contributed by atoms with Crippen molar-refractivity contribution in [2.24, 2.45) is 5.92 Å². The molecule has 1 aliphatic heterocycles. The zero-order valence-corrected chi connectivity index (χ0v) is 11.9. The molecule has 1 aromatic rings. The van der Waals surface area contributed by atoms with E-state index in [1.165, 1.54) is 17.5 Å². The van der Waals surface area contributed by atoms with Gasteiger partial charge in [-0.3, -0.25) is 4.79 Å². The standard InChI is InChI=1S/C16H24N2O/c1-12(2)6-5-9-17-16(19)15-10-13-7-3-4-8-14(13)11-18-15/h3-4,7-8,12,15,18H,5-6,9-11H2,1-2H3,(H,17,19)/t15-/m1/s1. The molecule has 0 bridgehead atoms. The molecule has 2 N–H and O–H groups in total. The fourth-order valence-corrected chi connectivity index (χ4v) is 2.48. The van der Waals surface area contributed by atoms with Gasteiger partial charge in [0.1, 0.15) is 0 Å². The van der Waals surface area contributed by atoms with Crippen molar-refractivity contribution in [3.63, 3.8) is 0 Å². The summed E-state index contributed by atoms with van der Waals surface area (Å²) in [6, 6.07) is 8.26. The number of fused-ring (bicyclic) bond motifs is 1.